The summed E-state index contributed by atoms with van der Waals surface area (Å²) in [5, 5.41) is 22.6. The zero-order valence-electron chi connectivity index (χ0n) is 23.9. The molecule has 10 heteroatoms. The number of rotatable bonds is 9. The Kier molecular flexibility index (Phi) is 8.47. The van der Waals surface area contributed by atoms with Crippen LogP contribution in [0.1, 0.15) is 32.0 Å². The molecule has 41 heavy (non-hydrogen) atoms. The summed E-state index contributed by atoms with van der Waals surface area (Å²) in [6.07, 6.45) is 5.81. The first kappa shape index (κ1) is 28.1. The normalized spacial score (nSPS) is 15.8. The molecule has 1 atom stereocenters. The van der Waals surface area contributed by atoms with Crippen molar-refractivity contribution >= 4 is 44.8 Å². The third-order valence-corrected chi connectivity index (χ3v) is 7.30. The number of anilines is 3. The maximum atomic E-state index is 13.0. The summed E-state index contributed by atoms with van der Waals surface area (Å²) in [6.45, 7) is 9.30. The topological polar surface area (TPSA) is 117 Å². The van der Waals surface area contributed by atoms with E-state index in [-0.39, 0.29) is 5.91 Å². The summed E-state index contributed by atoms with van der Waals surface area (Å²) in [4.78, 5) is 20.0. The predicted octanol–water partition coefficient (Wildman–Crippen LogP) is 4.91. The van der Waals surface area contributed by atoms with E-state index in [1.165, 1.54) is 0 Å². The molecule has 5 rings (SSSR count). The number of carbonyl (C=O) groups is 1. The molecule has 1 saturated heterocycles. The molecule has 2 aromatic heterocycles. The lowest BCUT2D eigenvalue weighted by Gasteiger charge is -2.32. The van der Waals surface area contributed by atoms with Gasteiger partial charge in [0.05, 0.1) is 59.7 Å². The molecule has 212 valence electrons. The van der Waals surface area contributed by atoms with Crippen LogP contribution in [-0.4, -0.2) is 64.5 Å². The van der Waals surface area contributed by atoms with Gasteiger partial charge in [0.1, 0.15) is 11.8 Å². The SMILES string of the molecule is CCOc1cc2nc(CC)c(C#N)c(Nc3ccc4c(cnn4C)c3)c2cc1NC(=O)/C=C/CN1CCOC[C@@H]1C. The Bertz CT molecular complexity index is 1650. The van der Waals surface area contributed by atoms with Crippen LogP contribution in [0.5, 0.6) is 5.75 Å². The first-order valence-electron chi connectivity index (χ1n) is 13.9. The van der Waals surface area contributed by atoms with Gasteiger partial charge in [0.2, 0.25) is 5.91 Å². The number of nitrogens with one attached hydrogen (secondary N) is 2. The van der Waals surface area contributed by atoms with E-state index in [4.69, 9.17) is 14.5 Å². The molecular weight excluding hydrogens is 518 g/mol. The highest BCUT2D eigenvalue weighted by Gasteiger charge is 2.19. The molecule has 0 saturated carbocycles. The van der Waals surface area contributed by atoms with Gasteiger partial charge >= 0.3 is 0 Å². The van der Waals surface area contributed by atoms with E-state index in [1.54, 1.807) is 6.08 Å². The van der Waals surface area contributed by atoms with Crippen molar-refractivity contribution in [3.8, 4) is 11.8 Å². The average molecular weight is 554 g/mol. The van der Waals surface area contributed by atoms with Crippen LogP contribution >= 0.6 is 0 Å². The Labute approximate surface area is 239 Å². The minimum Gasteiger partial charge on any atom is -0.492 e. The van der Waals surface area contributed by atoms with Crippen LogP contribution in [0, 0.1) is 11.3 Å². The van der Waals surface area contributed by atoms with E-state index in [0.29, 0.717) is 78.1 Å². The van der Waals surface area contributed by atoms with Crippen molar-refractivity contribution < 1.29 is 14.3 Å². The lowest BCUT2D eigenvalue weighted by molar-refractivity contribution is -0.111. The van der Waals surface area contributed by atoms with Crippen molar-refractivity contribution in [2.45, 2.75) is 33.2 Å². The summed E-state index contributed by atoms with van der Waals surface area (Å²) in [5.74, 6) is 0.256. The van der Waals surface area contributed by atoms with Crippen molar-refractivity contribution in [3.05, 3.63) is 59.9 Å². The molecule has 1 fully saturated rings. The standard InChI is InChI=1S/C31H35N7O3/c1-5-25-24(17-32)31(34-22-9-10-28-21(14-22)18-33-37(28)4)23-15-27(29(41-6-2)16-26(23)35-25)36-30(39)8-7-11-38-12-13-40-19-20(38)3/h7-10,14-16,18,20H,5-6,11-13,19H2,1-4H3,(H,34,35)(H,36,39)/b8-7+/t20-/m0/s1. The molecule has 3 heterocycles. The quantitative estimate of drug-likeness (QED) is 0.281. The van der Waals surface area contributed by atoms with Crippen molar-refractivity contribution in [2.75, 3.05) is 43.5 Å². The van der Waals surface area contributed by atoms with Gasteiger partial charge in [-0.1, -0.05) is 13.0 Å². The molecule has 0 unspecified atom stereocenters. The summed E-state index contributed by atoms with van der Waals surface area (Å²) in [7, 11) is 1.90. The molecule has 4 aromatic rings. The van der Waals surface area contributed by atoms with Crippen molar-refractivity contribution in [2.24, 2.45) is 7.05 Å². The first-order chi connectivity index (χ1) is 19.9. The third-order valence-electron chi connectivity index (χ3n) is 7.30. The minimum absolute atomic E-state index is 0.263. The molecule has 10 nitrogen and oxygen atoms in total. The van der Waals surface area contributed by atoms with E-state index in [0.717, 1.165) is 23.1 Å². The van der Waals surface area contributed by atoms with Gasteiger partial charge < -0.3 is 20.1 Å². The average Bonchev–Trinajstić information content (AvgIpc) is 3.34. The molecule has 2 aromatic carbocycles. The number of nitriles is 1. The number of fused-ring (bicyclic) bond motifs is 2. The number of aryl methyl sites for hydroxylation is 2. The molecule has 1 aliphatic rings. The summed E-state index contributed by atoms with van der Waals surface area (Å²) < 4.78 is 13.2. The van der Waals surface area contributed by atoms with Gasteiger partial charge in [0.25, 0.3) is 0 Å². The number of carbonyl (C=O) groups excluding carboxylic acids is 1. The molecule has 0 bridgehead atoms. The van der Waals surface area contributed by atoms with Gasteiger partial charge in [0, 0.05) is 54.8 Å². The van der Waals surface area contributed by atoms with Gasteiger partial charge in [-0.05, 0) is 44.5 Å². The first-order valence-corrected chi connectivity index (χ1v) is 13.9. The minimum atomic E-state index is -0.263. The lowest BCUT2D eigenvalue weighted by atomic mass is 10.0. The van der Waals surface area contributed by atoms with Crippen LogP contribution in [0.15, 0.2) is 48.7 Å². The third kappa shape index (κ3) is 6.01. The summed E-state index contributed by atoms with van der Waals surface area (Å²) in [6, 6.07) is 12.3. The summed E-state index contributed by atoms with van der Waals surface area (Å²) >= 11 is 0. The van der Waals surface area contributed by atoms with Crippen LogP contribution in [0.25, 0.3) is 21.8 Å². The van der Waals surface area contributed by atoms with E-state index in [1.807, 2.05) is 68.2 Å². The second-order valence-corrected chi connectivity index (χ2v) is 10.0. The number of pyridine rings is 1. The maximum absolute atomic E-state index is 13.0. The van der Waals surface area contributed by atoms with E-state index in [9.17, 15) is 10.1 Å². The number of morpholine rings is 1. The van der Waals surface area contributed by atoms with Crippen molar-refractivity contribution in [1.82, 2.24) is 19.7 Å². The van der Waals surface area contributed by atoms with Gasteiger partial charge in [-0.25, -0.2) is 0 Å². The fraction of sp³-hybridized carbons (Fsp3) is 0.355. The molecule has 0 aliphatic carbocycles. The number of aromatic nitrogens is 3. The predicted molar refractivity (Wildman–Crippen MR) is 161 cm³/mol. The second-order valence-electron chi connectivity index (χ2n) is 10.0. The zero-order chi connectivity index (χ0) is 28.9. The van der Waals surface area contributed by atoms with Crippen LogP contribution in [0.3, 0.4) is 0 Å². The number of benzene rings is 2. The Balaban J connectivity index is 1.51. The fourth-order valence-corrected chi connectivity index (χ4v) is 5.11. The Hall–Kier alpha value is -4.46. The number of ether oxygens (including phenoxy) is 2. The van der Waals surface area contributed by atoms with Gasteiger partial charge in [-0.15, -0.1) is 0 Å². The Morgan fingerprint density at radius 1 is 1.29 bits per heavy atom. The molecule has 1 amide bonds. The maximum Gasteiger partial charge on any atom is 0.248 e. The molecule has 1 aliphatic heterocycles. The van der Waals surface area contributed by atoms with Gasteiger partial charge in [0.15, 0.2) is 0 Å². The Morgan fingerprint density at radius 3 is 2.90 bits per heavy atom. The monoisotopic (exact) mass is 553 g/mol. The van der Waals surface area contributed by atoms with Gasteiger partial charge in [-0.2, -0.15) is 10.4 Å². The largest absolute Gasteiger partial charge is 0.492 e. The van der Waals surface area contributed by atoms with Crippen LogP contribution in [0.2, 0.25) is 0 Å². The Morgan fingerprint density at radius 2 is 2.15 bits per heavy atom. The molecular formula is C31H35N7O3. The highest BCUT2D eigenvalue weighted by atomic mass is 16.5. The van der Waals surface area contributed by atoms with E-state index >= 15 is 0 Å². The van der Waals surface area contributed by atoms with Gasteiger partial charge in [-0.3, -0.25) is 19.4 Å². The smallest absolute Gasteiger partial charge is 0.248 e. The van der Waals surface area contributed by atoms with Crippen LogP contribution in [-0.2, 0) is 23.0 Å². The number of hydrogen-bond acceptors (Lipinski definition) is 8. The molecule has 2 N–H and O–H groups in total. The van der Waals surface area contributed by atoms with Crippen LogP contribution in [0.4, 0.5) is 17.1 Å². The van der Waals surface area contributed by atoms with E-state index in [2.05, 4.69) is 33.6 Å². The number of amides is 1. The highest BCUT2D eigenvalue weighted by Crippen LogP contribution is 2.38. The second kappa shape index (κ2) is 12.4. The number of hydrogen-bond donors (Lipinski definition) is 2. The van der Waals surface area contributed by atoms with Crippen LogP contribution < -0.4 is 15.4 Å². The molecule has 0 spiro atoms. The van der Waals surface area contributed by atoms with Crippen molar-refractivity contribution in [1.29, 1.82) is 5.26 Å². The number of nitrogens with zero attached hydrogens (tertiary/aromatic N) is 5. The zero-order valence-corrected chi connectivity index (χ0v) is 23.9. The molecule has 0 radical (unpaired) electrons. The fourth-order valence-electron chi connectivity index (χ4n) is 5.11. The summed E-state index contributed by atoms with van der Waals surface area (Å²) in [5.41, 5.74) is 4.78. The van der Waals surface area contributed by atoms with Crippen molar-refractivity contribution in [3.63, 3.8) is 0 Å². The lowest BCUT2D eigenvalue weighted by Crippen LogP contribution is -2.43. The van der Waals surface area contributed by atoms with E-state index < -0.39 is 0 Å². The highest BCUT2D eigenvalue weighted by molar-refractivity contribution is 6.05.